The van der Waals surface area contributed by atoms with Gasteiger partial charge < -0.3 is 15.5 Å². The molecule has 0 unspecified atom stereocenters. The maximum absolute atomic E-state index is 6.22. The third-order valence-electron chi connectivity index (χ3n) is 4.44. The molecule has 3 aromatic rings. The molecule has 3 heterocycles. The fourth-order valence-corrected chi connectivity index (χ4v) is 3.76. The molecule has 6 nitrogen and oxygen atoms in total. The number of halogens is 1. The van der Waals surface area contributed by atoms with Crippen LogP contribution in [0.4, 0.5) is 5.13 Å². The highest BCUT2D eigenvalue weighted by atomic mass is 127. The second kappa shape index (κ2) is 8.63. The summed E-state index contributed by atoms with van der Waals surface area (Å²) in [5.74, 6) is 0.591. The second-order valence-electron chi connectivity index (χ2n) is 5.94. The highest BCUT2D eigenvalue weighted by Gasteiger charge is 2.19. The van der Waals surface area contributed by atoms with Gasteiger partial charge in [-0.05, 0) is 11.5 Å². The number of fused-ring (bicyclic) bond motifs is 1. The smallest absolute Gasteiger partial charge is 0.191 e. The number of aliphatic imine (C=N–C) groups is 1. The molecule has 2 N–H and O–H groups in total. The third kappa shape index (κ3) is 4.07. The molecule has 26 heavy (non-hydrogen) atoms. The summed E-state index contributed by atoms with van der Waals surface area (Å²) in [6.45, 7) is 4.04. The van der Waals surface area contributed by atoms with Gasteiger partial charge in [0.25, 0.3) is 0 Å². The number of nitrogens with zero attached hydrogens (tertiary/aromatic N) is 5. The number of hydrogen-bond donors (Lipinski definition) is 1. The molecule has 8 heteroatoms. The Balaban J connectivity index is 0.00000196. The van der Waals surface area contributed by atoms with Gasteiger partial charge in [0.05, 0.1) is 12.2 Å². The number of thiazole rings is 1. The molecule has 0 radical (unpaired) electrons. The highest BCUT2D eigenvalue weighted by molar-refractivity contribution is 14.0. The molecule has 0 atom stereocenters. The van der Waals surface area contributed by atoms with Crippen molar-refractivity contribution in [2.75, 3.05) is 31.1 Å². The molecule has 1 aliphatic heterocycles. The van der Waals surface area contributed by atoms with Gasteiger partial charge >= 0.3 is 0 Å². The van der Waals surface area contributed by atoms with E-state index in [0.717, 1.165) is 42.4 Å². The van der Waals surface area contributed by atoms with Crippen LogP contribution in [0.25, 0.3) is 10.8 Å². The van der Waals surface area contributed by atoms with Gasteiger partial charge in [0.1, 0.15) is 0 Å². The minimum Gasteiger partial charge on any atom is -0.370 e. The lowest BCUT2D eigenvalue weighted by atomic mass is 10.1. The van der Waals surface area contributed by atoms with E-state index in [-0.39, 0.29) is 24.0 Å². The standard InChI is InChI=1S/C18H20N6S.HI/c19-17(23-8-10-24(11-9-23)18-21-7-12-25-18)22-13-16-15-4-2-1-3-14(15)5-6-20-16;/h1-7,12H,8-11,13H2,(H2,19,22);1H. The largest absolute Gasteiger partial charge is 0.370 e. The first kappa shape index (κ1) is 18.8. The summed E-state index contributed by atoms with van der Waals surface area (Å²) in [7, 11) is 0. The second-order valence-corrected chi connectivity index (χ2v) is 6.81. The van der Waals surface area contributed by atoms with Crippen molar-refractivity contribution in [2.45, 2.75) is 6.54 Å². The van der Waals surface area contributed by atoms with Crippen LogP contribution in [-0.4, -0.2) is 47.0 Å². The Labute approximate surface area is 173 Å². The summed E-state index contributed by atoms with van der Waals surface area (Å²) in [4.78, 5) is 17.9. The molecular formula is C18H21IN6S. The summed E-state index contributed by atoms with van der Waals surface area (Å²) in [6.07, 6.45) is 3.68. The topological polar surface area (TPSA) is 70.6 Å². The van der Waals surface area contributed by atoms with Gasteiger partial charge in [0.15, 0.2) is 11.1 Å². The summed E-state index contributed by atoms with van der Waals surface area (Å²) >= 11 is 1.67. The number of aromatic nitrogens is 2. The predicted molar refractivity (Wildman–Crippen MR) is 118 cm³/mol. The molecule has 0 saturated carbocycles. The zero-order chi connectivity index (χ0) is 17.1. The van der Waals surface area contributed by atoms with Crippen molar-refractivity contribution >= 4 is 57.2 Å². The first-order valence-electron chi connectivity index (χ1n) is 8.33. The molecule has 0 spiro atoms. The van der Waals surface area contributed by atoms with Crippen molar-refractivity contribution in [2.24, 2.45) is 10.7 Å². The lowest BCUT2D eigenvalue weighted by molar-refractivity contribution is 0.380. The lowest BCUT2D eigenvalue weighted by Crippen LogP contribution is -2.51. The molecule has 0 bridgehead atoms. The van der Waals surface area contributed by atoms with E-state index < -0.39 is 0 Å². The Morgan fingerprint density at radius 3 is 2.65 bits per heavy atom. The SMILES string of the molecule is I.NC(=NCc1nccc2ccccc12)N1CCN(c2nccs2)CC1. The summed E-state index contributed by atoms with van der Waals surface area (Å²) in [5, 5.41) is 5.40. The van der Waals surface area contributed by atoms with E-state index in [2.05, 4.69) is 36.9 Å². The van der Waals surface area contributed by atoms with Crippen molar-refractivity contribution in [3.05, 3.63) is 53.8 Å². The van der Waals surface area contributed by atoms with E-state index in [1.807, 2.05) is 36.0 Å². The fraction of sp³-hybridized carbons (Fsp3) is 0.278. The van der Waals surface area contributed by atoms with E-state index >= 15 is 0 Å². The Morgan fingerprint density at radius 2 is 1.88 bits per heavy atom. The Bertz CT molecular complexity index is 869. The number of benzene rings is 1. The monoisotopic (exact) mass is 480 g/mol. The molecule has 1 fully saturated rings. The van der Waals surface area contributed by atoms with Crippen LogP contribution in [0.3, 0.4) is 0 Å². The van der Waals surface area contributed by atoms with Gasteiger partial charge in [0, 0.05) is 49.3 Å². The predicted octanol–water partition coefficient (Wildman–Crippen LogP) is 2.95. The van der Waals surface area contributed by atoms with E-state index in [9.17, 15) is 0 Å². The van der Waals surface area contributed by atoms with Crippen LogP contribution in [0, 0.1) is 0 Å². The minimum atomic E-state index is 0. The lowest BCUT2D eigenvalue weighted by Gasteiger charge is -2.35. The molecular weight excluding hydrogens is 459 g/mol. The van der Waals surface area contributed by atoms with Crippen LogP contribution in [0.1, 0.15) is 5.69 Å². The number of guanidine groups is 1. The van der Waals surface area contributed by atoms with Gasteiger partial charge in [-0.25, -0.2) is 9.98 Å². The minimum absolute atomic E-state index is 0. The van der Waals surface area contributed by atoms with Gasteiger partial charge in [0.2, 0.25) is 0 Å². The van der Waals surface area contributed by atoms with Gasteiger partial charge in [-0.15, -0.1) is 35.3 Å². The van der Waals surface area contributed by atoms with Gasteiger partial charge in [-0.1, -0.05) is 24.3 Å². The van der Waals surface area contributed by atoms with Crippen LogP contribution in [-0.2, 0) is 6.54 Å². The molecule has 4 rings (SSSR count). The average Bonchev–Trinajstić information content (AvgIpc) is 3.21. The van der Waals surface area contributed by atoms with Crippen LogP contribution >= 0.6 is 35.3 Å². The van der Waals surface area contributed by atoms with Crippen molar-refractivity contribution < 1.29 is 0 Å². The molecule has 1 aliphatic rings. The first-order valence-corrected chi connectivity index (χ1v) is 9.21. The van der Waals surface area contributed by atoms with Crippen molar-refractivity contribution in [1.82, 2.24) is 14.9 Å². The van der Waals surface area contributed by atoms with Crippen molar-refractivity contribution in [3.8, 4) is 0 Å². The quantitative estimate of drug-likeness (QED) is 0.355. The van der Waals surface area contributed by atoms with Crippen molar-refractivity contribution in [1.29, 1.82) is 0 Å². The number of rotatable bonds is 3. The molecule has 0 aliphatic carbocycles. The van der Waals surface area contributed by atoms with E-state index in [1.165, 1.54) is 5.39 Å². The average molecular weight is 480 g/mol. The van der Waals surface area contributed by atoms with Crippen molar-refractivity contribution in [3.63, 3.8) is 0 Å². The molecule has 1 saturated heterocycles. The maximum Gasteiger partial charge on any atom is 0.191 e. The zero-order valence-electron chi connectivity index (χ0n) is 14.3. The Hall–Kier alpha value is -1.94. The Kier molecular flexibility index (Phi) is 6.25. The van der Waals surface area contributed by atoms with E-state index in [1.54, 1.807) is 11.3 Å². The van der Waals surface area contributed by atoms with Crippen LogP contribution in [0.15, 0.2) is 53.1 Å². The van der Waals surface area contributed by atoms with Crippen LogP contribution in [0.5, 0.6) is 0 Å². The first-order chi connectivity index (χ1) is 12.3. The molecule has 1 aromatic carbocycles. The summed E-state index contributed by atoms with van der Waals surface area (Å²) < 4.78 is 0. The Morgan fingerprint density at radius 1 is 1.08 bits per heavy atom. The molecule has 2 aromatic heterocycles. The number of piperazine rings is 1. The summed E-state index contributed by atoms with van der Waals surface area (Å²) in [6, 6.07) is 10.2. The fourth-order valence-electron chi connectivity index (χ4n) is 3.06. The normalized spacial score (nSPS) is 15.2. The maximum atomic E-state index is 6.22. The van der Waals surface area contributed by atoms with Crippen LogP contribution in [0.2, 0.25) is 0 Å². The third-order valence-corrected chi connectivity index (χ3v) is 5.27. The number of anilines is 1. The van der Waals surface area contributed by atoms with E-state index in [4.69, 9.17) is 5.73 Å². The van der Waals surface area contributed by atoms with E-state index in [0.29, 0.717) is 12.5 Å². The van der Waals surface area contributed by atoms with Gasteiger partial charge in [-0.2, -0.15) is 0 Å². The number of pyridine rings is 1. The highest BCUT2D eigenvalue weighted by Crippen LogP contribution is 2.19. The molecule has 136 valence electrons. The zero-order valence-corrected chi connectivity index (χ0v) is 17.4. The number of hydrogen-bond acceptors (Lipinski definition) is 5. The molecule has 0 amide bonds. The summed E-state index contributed by atoms with van der Waals surface area (Å²) in [5.41, 5.74) is 7.18. The van der Waals surface area contributed by atoms with Crippen LogP contribution < -0.4 is 10.6 Å². The number of nitrogens with two attached hydrogens (primary N) is 1. The van der Waals surface area contributed by atoms with Gasteiger partial charge in [-0.3, -0.25) is 4.98 Å².